The fourth-order valence-corrected chi connectivity index (χ4v) is 3.62. The topological polar surface area (TPSA) is 68.9 Å². The van der Waals surface area contributed by atoms with Crippen molar-refractivity contribution in [1.82, 2.24) is 19.7 Å². The van der Waals surface area contributed by atoms with Crippen molar-refractivity contribution in [1.29, 1.82) is 0 Å². The Labute approximate surface area is 159 Å². The molecule has 140 valence electrons. The number of nitrogens with zero attached hydrogens (tertiary/aromatic N) is 3. The highest BCUT2D eigenvalue weighted by Crippen LogP contribution is 2.25. The SMILES string of the molecule is CSCCNC(=O)C1CCCn2c1nn(Cc1c(F)cccc1Cl)c2=O. The number of rotatable bonds is 6. The molecule has 1 aromatic carbocycles. The monoisotopic (exact) mass is 398 g/mol. The van der Waals surface area contributed by atoms with Gasteiger partial charge in [0.15, 0.2) is 0 Å². The number of nitrogens with one attached hydrogen (secondary N) is 1. The van der Waals surface area contributed by atoms with Gasteiger partial charge in [0.05, 0.1) is 12.5 Å². The number of fused-ring (bicyclic) bond motifs is 1. The van der Waals surface area contributed by atoms with Crippen molar-refractivity contribution in [3.8, 4) is 0 Å². The number of carbonyl (C=O) groups excluding carboxylic acids is 1. The molecular formula is C17H20ClFN4O2S. The molecule has 2 aromatic rings. The minimum absolute atomic E-state index is 0.0643. The Morgan fingerprint density at radius 1 is 1.50 bits per heavy atom. The highest BCUT2D eigenvalue weighted by molar-refractivity contribution is 7.98. The maximum Gasteiger partial charge on any atom is 0.346 e. The van der Waals surface area contributed by atoms with E-state index in [1.807, 2.05) is 6.26 Å². The minimum atomic E-state index is -0.485. The standard InChI is InChI=1S/C17H20ClFN4O2S/c1-26-9-7-20-16(24)11-4-3-8-22-15(11)21-23(17(22)25)10-12-13(18)5-2-6-14(12)19/h2,5-6,11H,3-4,7-10H2,1H3,(H,20,24). The third kappa shape index (κ3) is 3.81. The molecule has 0 saturated carbocycles. The number of aromatic nitrogens is 3. The lowest BCUT2D eigenvalue weighted by Gasteiger charge is -2.21. The van der Waals surface area contributed by atoms with Crippen molar-refractivity contribution in [2.75, 3.05) is 18.6 Å². The van der Waals surface area contributed by atoms with Crippen LogP contribution >= 0.6 is 23.4 Å². The van der Waals surface area contributed by atoms with Gasteiger partial charge < -0.3 is 5.32 Å². The fourth-order valence-electron chi connectivity index (χ4n) is 3.09. The summed E-state index contributed by atoms with van der Waals surface area (Å²) in [5.41, 5.74) is -0.131. The summed E-state index contributed by atoms with van der Waals surface area (Å²) in [6.07, 6.45) is 3.33. The van der Waals surface area contributed by atoms with E-state index >= 15 is 0 Å². The number of hydrogen-bond donors (Lipinski definition) is 1. The van der Waals surface area contributed by atoms with Crippen LogP contribution in [-0.4, -0.2) is 38.8 Å². The number of hydrogen-bond acceptors (Lipinski definition) is 4. The summed E-state index contributed by atoms with van der Waals surface area (Å²) in [4.78, 5) is 25.1. The van der Waals surface area contributed by atoms with Gasteiger partial charge in [0.25, 0.3) is 0 Å². The third-order valence-corrected chi connectivity index (χ3v) is 5.40. The van der Waals surface area contributed by atoms with Gasteiger partial charge in [0.2, 0.25) is 5.91 Å². The summed E-state index contributed by atoms with van der Waals surface area (Å²) < 4.78 is 16.7. The molecule has 2 heterocycles. The average Bonchev–Trinajstić information content (AvgIpc) is 2.94. The molecule has 1 N–H and O–H groups in total. The summed E-state index contributed by atoms with van der Waals surface area (Å²) in [5, 5.41) is 7.46. The smallest absolute Gasteiger partial charge is 0.346 e. The van der Waals surface area contributed by atoms with E-state index in [9.17, 15) is 14.0 Å². The minimum Gasteiger partial charge on any atom is -0.355 e. The molecule has 0 saturated heterocycles. The van der Waals surface area contributed by atoms with Crippen LogP contribution in [0.1, 0.15) is 30.1 Å². The van der Waals surface area contributed by atoms with Crippen molar-refractivity contribution < 1.29 is 9.18 Å². The van der Waals surface area contributed by atoms with Gasteiger partial charge in [-0.25, -0.2) is 13.9 Å². The van der Waals surface area contributed by atoms with Crippen LogP contribution in [-0.2, 0) is 17.9 Å². The molecular weight excluding hydrogens is 379 g/mol. The van der Waals surface area contributed by atoms with E-state index in [1.165, 1.54) is 21.4 Å². The second-order valence-electron chi connectivity index (χ2n) is 6.13. The van der Waals surface area contributed by atoms with Crippen LogP contribution in [0.3, 0.4) is 0 Å². The Hall–Kier alpha value is -1.80. The molecule has 1 amide bonds. The van der Waals surface area contributed by atoms with E-state index in [0.717, 1.165) is 12.2 Å². The number of carbonyl (C=O) groups is 1. The van der Waals surface area contributed by atoms with Crippen LogP contribution in [0.25, 0.3) is 0 Å². The molecule has 1 atom stereocenters. The molecule has 6 nitrogen and oxygen atoms in total. The van der Waals surface area contributed by atoms with Crippen LogP contribution < -0.4 is 11.0 Å². The van der Waals surface area contributed by atoms with Gasteiger partial charge in [-0.3, -0.25) is 9.36 Å². The van der Waals surface area contributed by atoms with Gasteiger partial charge in [0, 0.05) is 29.4 Å². The number of thioether (sulfide) groups is 1. The van der Waals surface area contributed by atoms with E-state index in [1.54, 1.807) is 17.8 Å². The van der Waals surface area contributed by atoms with Crippen LogP contribution in [0.2, 0.25) is 5.02 Å². The van der Waals surface area contributed by atoms with Crippen molar-refractivity contribution in [2.45, 2.75) is 31.8 Å². The molecule has 1 aromatic heterocycles. The van der Waals surface area contributed by atoms with Gasteiger partial charge in [-0.05, 0) is 31.2 Å². The second kappa shape index (κ2) is 8.26. The quantitative estimate of drug-likeness (QED) is 0.758. The maximum absolute atomic E-state index is 14.0. The summed E-state index contributed by atoms with van der Waals surface area (Å²) in [6.45, 7) is 1.02. The summed E-state index contributed by atoms with van der Waals surface area (Å²) in [6, 6.07) is 4.38. The Bertz CT molecular complexity index is 847. The van der Waals surface area contributed by atoms with Gasteiger partial charge in [0.1, 0.15) is 11.6 Å². The highest BCUT2D eigenvalue weighted by Gasteiger charge is 2.31. The first kappa shape index (κ1) is 19.0. The third-order valence-electron chi connectivity index (χ3n) is 4.43. The molecule has 0 bridgehead atoms. The van der Waals surface area contributed by atoms with Crippen molar-refractivity contribution in [2.24, 2.45) is 0 Å². The predicted molar refractivity (Wildman–Crippen MR) is 100 cm³/mol. The normalized spacial score (nSPS) is 16.3. The van der Waals surface area contributed by atoms with E-state index in [-0.39, 0.29) is 28.7 Å². The Kier molecular flexibility index (Phi) is 6.03. The molecule has 0 fully saturated rings. The Morgan fingerprint density at radius 3 is 3.04 bits per heavy atom. The van der Waals surface area contributed by atoms with Gasteiger partial charge in [-0.1, -0.05) is 17.7 Å². The first-order valence-electron chi connectivity index (χ1n) is 8.40. The summed E-state index contributed by atoms with van der Waals surface area (Å²) in [5.74, 6) is 0.194. The Balaban J connectivity index is 1.87. The van der Waals surface area contributed by atoms with Gasteiger partial charge >= 0.3 is 5.69 Å². The molecule has 0 spiro atoms. The molecule has 26 heavy (non-hydrogen) atoms. The number of benzene rings is 1. The predicted octanol–water partition coefficient (Wildman–Crippen LogP) is 2.24. The molecule has 0 aliphatic carbocycles. The number of amides is 1. The van der Waals surface area contributed by atoms with Crippen molar-refractivity contribution >= 4 is 29.3 Å². The second-order valence-corrected chi connectivity index (χ2v) is 7.52. The molecule has 1 aliphatic heterocycles. The maximum atomic E-state index is 14.0. The van der Waals surface area contributed by atoms with E-state index in [4.69, 9.17) is 11.6 Å². The van der Waals surface area contributed by atoms with Crippen LogP contribution in [0, 0.1) is 5.82 Å². The molecule has 1 aliphatic rings. The van der Waals surface area contributed by atoms with E-state index < -0.39 is 11.7 Å². The van der Waals surface area contributed by atoms with Crippen molar-refractivity contribution in [3.05, 3.63) is 50.9 Å². The van der Waals surface area contributed by atoms with Crippen LogP contribution in [0.15, 0.2) is 23.0 Å². The lowest BCUT2D eigenvalue weighted by Crippen LogP contribution is -2.36. The fraction of sp³-hybridized carbons (Fsp3) is 0.471. The zero-order chi connectivity index (χ0) is 18.7. The lowest BCUT2D eigenvalue weighted by molar-refractivity contribution is -0.123. The zero-order valence-corrected chi connectivity index (χ0v) is 15.9. The Morgan fingerprint density at radius 2 is 2.31 bits per heavy atom. The van der Waals surface area contributed by atoms with E-state index in [0.29, 0.717) is 25.3 Å². The average molecular weight is 399 g/mol. The molecule has 3 rings (SSSR count). The summed E-state index contributed by atoms with van der Waals surface area (Å²) in [7, 11) is 0. The highest BCUT2D eigenvalue weighted by atomic mass is 35.5. The van der Waals surface area contributed by atoms with Crippen LogP contribution in [0.5, 0.6) is 0 Å². The summed E-state index contributed by atoms with van der Waals surface area (Å²) >= 11 is 7.70. The van der Waals surface area contributed by atoms with Gasteiger partial charge in [-0.15, -0.1) is 0 Å². The lowest BCUT2D eigenvalue weighted by atomic mass is 9.98. The first-order valence-corrected chi connectivity index (χ1v) is 10.2. The van der Waals surface area contributed by atoms with Crippen LogP contribution in [0.4, 0.5) is 4.39 Å². The molecule has 0 radical (unpaired) electrons. The molecule has 9 heteroatoms. The molecule has 1 unspecified atom stereocenters. The van der Waals surface area contributed by atoms with E-state index in [2.05, 4.69) is 10.4 Å². The zero-order valence-electron chi connectivity index (χ0n) is 14.4. The van der Waals surface area contributed by atoms with Crippen molar-refractivity contribution in [3.63, 3.8) is 0 Å². The van der Waals surface area contributed by atoms with Gasteiger partial charge in [-0.2, -0.15) is 16.9 Å². The largest absolute Gasteiger partial charge is 0.355 e. The first-order chi connectivity index (χ1) is 12.5. The number of halogens is 2.